The van der Waals surface area contributed by atoms with Crippen LogP contribution in [-0.4, -0.2) is 34.2 Å². The van der Waals surface area contributed by atoms with Crippen molar-refractivity contribution < 1.29 is 4.52 Å². The monoisotopic (exact) mass is 253 g/mol. The van der Waals surface area contributed by atoms with Gasteiger partial charge in [0.05, 0.1) is 5.92 Å². The Kier molecular flexibility index (Phi) is 3.13. The van der Waals surface area contributed by atoms with E-state index in [1.54, 1.807) is 0 Å². The fourth-order valence-corrected chi connectivity index (χ4v) is 3.86. The first-order valence-corrected chi connectivity index (χ1v) is 7.59. The molecule has 0 radical (unpaired) electrons. The third-order valence-corrected chi connectivity index (χ3v) is 4.95. The lowest BCUT2D eigenvalue weighted by atomic mass is 10.0. The SMILES string of the molecule is CCNC1CSCC1c1nc(C2CC2C)no1. The number of hydrogen-bond donors (Lipinski definition) is 1. The topological polar surface area (TPSA) is 51.0 Å². The molecule has 0 amide bonds. The van der Waals surface area contributed by atoms with E-state index in [1.165, 1.54) is 6.42 Å². The van der Waals surface area contributed by atoms with Crippen molar-refractivity contribution in [2.24, 2.45) is 5.92 Å². The van der Waals surface area contributed by atoms with Crippen LogP contribution in [0.4, 0.5) is 0 Å². The molecule has 1 aromatic rings. The second kappa shape index (κ2) is 4.61. The van der Waals surface area contributed by atoms with Crippen LogP contribution in [0.1, 0.15) is 43.8 Å². The number of hydrogen-bond acceptors (Lipinski definition) is 5. The molecule has 0 aromatic carbocycles. The standard InChI is InChI=1S/C12H19N3OS/c1-3-13-10-6-17-5-9(10)12-14-11(15-16-12)8-4-7(8)2/h7-10,13H,3-6H2,1-2H3. The van der Waals surface area contributed by atoms with Gasteiger partial charge in [-0.3, -0.25) is 0 Å². The zero-order valence-electron chi connectivity index (χ0n) is 10.3. The maximum atomic E-state index is 5.46. The van der Waals surface area contributed by atoms with Crippen molar-refractivity contribution in [2.45, 2.75) is 38.1 Å². The molecule has 1 aliphatic heterocycles. The van der Waals surface area contributed by atoms with E-state index in [9.17, 15) is 0 Å². The van der Waals surface area contributed by atoms with Crippen LogP contribution in [-0.2, 0) is 0 Å². The molecule has 4 unspecified atom stereocenters. The van der Waals surface area contributed by atoms with Crippen molar-refractivity contribution in [3.05, 3.63) is 11.7 Å². The summed E-state index contributed by atoms with van der Waals surface area (Å²) in [6.07, 6.45) is 1.22. The minimum absolute atomic E-state index is 0.398. The van der Waals surface area contributed by atoms with Crippen molar-refractivity contribution in [1.29, 1.82) is 0 Å². The van der Waals surface area contributed by atoms with Crippen LogP contribution in [0, 0.1) is 5.92 Å². The summed E-state index contributed by atoms with van der Waals surface area (Å²) in [5.41, 5.74) is 0. The fraction of sp³-hybridized carbons (Fsp3) is 0.833. The molecule has 0 spiro atoms. The Labute approximate surface area is 106 Å². The molecular weight excluding hydrogens is 234 g/mol. The second-order valence-corrected chi connectivity index (χ2v) is 6.19. The van der Waals surface area contributed by atoms with E-state index in [0.29, 0.717) is 17.9 Å². The van der Waals surface area contributed by atoms with Crippen LogP contribution in [0.2, 0.25) is 0 Å². The van der Waals surface area contributed by atoms with Crippen molar-refractivity contribution in [3.63, 3.8) is 0 Å². The van der Waals surface area contributed by atoms with Crippen LogP contribution in [0.15, 0.2) is 4.52 Å². The molecule has 4 nitrogen and oxygen atoms in total. The molecule has 2 heterocycles. The van der Waals surface area contributed by atoms with E-state index in [4.69, 9.17) is 4.52 Å². The highest BCUT2D eigenvalue weighted by molar-refractivity contribution is 7.99. The van der Waals surface area contributed by atoms with Gasteiger partial charge in [0.1, 0.15) is 0 Å². The van der Waals surface area contributed by atoms with Crippen LogP contribution < -0.4 is 5.32 Å². The zero-order valence-corrected chi connectivity index (χ0v) is 11.2. The maximum Gasteiger partial charge on any atom is 0.232 e. The van der Waals surface area contributed by atoms with Crippen molar-refractivity contribution in [1.82, 2.24) is 15.5 Å². The first kappa shape index (κ1) is 11.5. The number of thioether (sulfide) groups is 1. The summed E-state index contributed by atoms with van der Waals surface area (Å²) >= 11 is 1.97. The van der Waals surface area contributed by atoms with Gasteiger partial charge in [0, 0.05) is 23.5 Å². The van der Waals surface area contributed by atoms with Crippen LogP contribution >= 0.6 is 11.8 Å². The first-order chi connectivity index (χ1) is 8.29. The molecule has 1 saturated heterocycles. The van der Waals surface area contributed by atoms with E-state index in [-0.39, 0.29) is 0 Å². The van der Waals surface area contributed by atoms with Gasteiger partial charge in [-0.2, -0.15) is 16.7 Å². The highest BCUT2D eigenvalue weighted by atomic mass is 32.2. The molecule has 17 heavy (non-hydrogen) atoms. The molecule has 1 saturated carbocycles. The van der Waals surface area contributed by atoms with E-state index in [0.717, 1.165) is 35.7 Å². The van der Waals surface area contributed by atoms with Crippen LogP contribution in [0.3, 0.4) is 0 Å². The molecule has 1 aromatic heterocycles. The lowest BCUT2D eigenvalue weighted by molar-refractivity contribution is 0.337. The van der Waals surface area contributed by atoms with Crippen molar-refractivity contribution in [2.75, 3.05) is 18.1 Å². The molecule has 2 fully saturated rings. The average molecular weight is 253 g/mol. The van der Waals surface area contributed by atoms with Crippen molar-refractivity contribution in [3.8, 4) is 0 Å². The van der Waals surface area contributed by atoms with E-state index in [1.807, 2.05) is 11.8 Å². The molecule has 2 aliphatic rings. The lowest BCUT2D eigenvalue weighted by Gasteiger charge is -2.15. The second-order valence-electron chi connectivity index (χ2n) is 5.12. The van der Waals surface area contributed by atoms with Crippen LogP contribution in [0.25, 0.3) is 0 Å². The molecule has 5 heteroatoms. The van der Waals surface area contributed by atoms with Crippen LogP contribution in [0.5, 0.6) is 0 Å². The quantitative estimate of drug-likeness (QED) is 0.889. The Balaban J connectivity index is 1.72. The predicted octanol–water partition coefficient (Wildman–Crippen LogP) is 2.00. The van der Waals surface area contributed by atoms with E-state index in [2.05, 4.69) is 29.3 Å². The highest BCUT2D eigenvalue weighted by Gasteiger charge is 2.40. The molecule has 94 valence electrons. The Morgan fingerprint density at radius 3 is 2.94 bits per heavy atom. The number of nitrogens with one attached hydrogen (secondary N) is 1. The largest absolute Gasteiger partial charge is 0.339 e. The predicted molar refractivity (Wildman–Crippen MR) is 68.4 cm³/mol. The van der Waals surface area contributed by atoms with Gasteiger partial charge < -0.3 is 9.84 Å². The van der Waals surface area contributed by atoms with Gasteiger partial charge >= 0.3 is 0 Å². The van der Waals surface area contributed by atoms with E-state index >= 15 is 0 Å². The van der Waals surface area contributed by atoms with Gasteiger partial charge in [-0.15, -0.1) is 0 Å². The van der Waals surface area contributed by atoms with Gasteiger partial charge in [0.15, 0.2) is 5.82 Å². The summed E-state index contributed by atoms with van der Waals surface area (Å²) in [5.74, 6) is 5.71. The normalized spacial score (nSPS) is 36.4. The summed E-state index contributed by atoms with van der Waals surface area (Å²) in [4.78, 5) is 4.61. The molecule has 1 N–H and O–H groups in total. The minimum Gasteiger partial charge on any atom is -0.339 e. The Hall–Kier alpha value is -0.550. The first-order valence-electron chi connectivity index (χ1n) is 6.44. The smallest absolute Gasteiger partial charge is 0.232 e. The summed E-state index contributed by atoms with van der Waals surface area (Å²) in [6, 6.07) is 0.495. The third kappa shape index (κ3) is 2.22. The van der Waals surface area contributed by atoms with Gasteiger partial charge in [-0.1, -0.05) is 19.0 Å². The lowest BCUT2D eigenvalue weighted by Crippen LogP contribution is -2.34. The Morgan fingerprint density at radius 1 is 1.41 bits per heavy atom. The molecule has 1 aliphatic carbocycles. The van der Waals surface area contributed by atoms with Crippen molar-refractivity contribution >= 4 is 11.8 Å². The van der Waals surface area contributed by atoms with Gasteiger partial charge in [0.2, 0.25) is 5.89 Å². The maximum absolute atomic E-state index is 5.46. The van der Waals surface area contributed by atoms with Gasteiger partial charge in [0.25, 0.3) is 0 Å². The number of nitrogens with zero attached hydrogens (tertiary/aromatic N) is 2. The number of aromatic nitrogens is 2. The molecule has 4 atom stereocenters. The van der Waals surface area contributed by atoms with E-state index < -0.39 is 0 Å². The molecule has 3 rings (SSSR count). The molecular formula is C12H19N3OS. The summed E-state index contributed by atoms with van der Waals surface area (Å²) in [6.45, 7) is 5.39. The van der Waals surface area contributed by atoms with Gasteiger partial charge in [-0.05, 0) is 18.9 Å². The number of rotatable bonds is 4. The fourth-order valence-electron chi connectivity index (χ4n) is 2.49. The summed E-state index contributed by atoms with van der Waals surface area (Å²) in [7, 11) is 0. The zero-order chi connectivity index (χ0) is 11.8. The number of likely N-dealkylation sites (N-methyl/N-ethyl adjacent to an activating group) is 1. The highest BCUT2D eigenvalue weighted by Crippen LogP contribution is 2.46. The van der Waals surface area contributed by atoms with Gasteiger partial charge in [-0.25, -0.2) is 0 Å². The summed E-state index contributed by atoms with van der Waals surface area (Å²) in [5, 5.41) is 7.65. The Morgan fingerprint density at radius 2 is 2.24 bits per heavy atom. The third-order valence-electron chi connectivity index (χ3n) is 3.76. The minimum atomic E-state index is 0.398. The Bertz CT molecular complexity index is 395. The summed E-state index contributed by atoms with van der Waals surface area (Å²) < 4.78 is 5.46. The molecule has 0 bridgehead atoms. The average Bonchev–Trinajstić information content (AvgIpc) is 2.77.